The Labute approximate surface area is 84.6 Å². The summed E-state index contributed by atoms with van der Waals surface area (Å²) in [6.07, 6.45) is -4.56. The van der Waals surface area contributed by atoms with Gasteiger partial charge in [-0.05, 0) is 0 Å². The zero-order valence-electron chi connectivity index (χ0n) is 8.17. The molecule has 88 valence electrons. The lowest BCUT2D eigenvalue weighted by Gasteiger charge is -2.49. The summed E-state index contributed by atoms with van der Waals surface area (Å²) in [6.45, 7) is -0.461. The molecule has 0 atom stereocenters. The maximum Gasteiger partial charge on any atom is 0.419 e. The van der Waals surface area contributed by atoms with E-state index in [1.54, 1.807) is 0 Å². The molecule has 0 saturated carbocycles. The number of hydrogen-bond donors (Lipinski definition) is 1. The summed E-state index contributed by atoms with van der Waals surface area (Å²) in [5.74, 6) is -1.02. The molecule has 0 aliphatic carbocycles. The van der Waals surface area contributed by atoms with Crippen molar-refractivity contribution in [3.8, 4) is 0 Å². The summed E-state index contributed by atoms with van der Waals surface area (Å²) in [5, 5.41) is 8.35. The van der Waals surface area contributed by atoms with Crippen molar-refractivity contribution in [2.24, 2.45) is 0 Å². The van der Waals surface area contributed by atoms with Crippen LogP contribution in [-0.4, -0.2) is 54.5 Å². The maximum atomic E-state index is 12.5. The Kier molecular flexibility index (Phi) is 3.25. The SMILES string of the molecule is COC1(C(F)(F)F)CN(CCC(=O)O)C1. The quantitative estimate of drug-likeness (QED) is 0.769. The van der Waals surface area contributed by atoms with Gasteiger partial charge in [-0.15, -0.1) is 0 Å². The van der Waals surface area contributed by atoms with Crippen LogP contribution in [0.3, 0.4) is 0 Å². The fraction of sp³-hybridized carbons (Fsp3) is 0.875. The minimum absolute atomic E-state index is 0.122. The fourth-order valence-electron chi connectivity index (χ4n) is 1.51. The lowest BCUT2D eigenvalue weighted by Crippen LogP contribution is -2.70. The maximum absolute atomic E-state index is 12.5. The average Bonchev–Trinajstić information content (AvgIpc) is 1.99. The molecule has 1 fully saturated rings. The van der Waals surface area contributed by atoms with Gasteiger partial charge in [0.2, 0.25) is 0 Å². The number of carbonyl (C=O) groups is 1. The van der Waals surface area contributed by atoms with E-state index in [0.717, 1.165) is 7.11 Å². The number of carboxylic acids is 1. The van der Waals surface area contributed by atoms with E-state index in [2.05, 4.69) is 4.74 Å². The molecule has 15 heavy (non-hydrogen) atoms. The van der Waals surface area contributed by atoms with Crippen LogP contribution in [0.5, 0.6) is 0 Å². The highest BCUT2D eigenvalue weighted by Crippen LogP contribution is 2.40. The van der Waals surface area contributed by atoms with E-state index < -0.39 is 17.7 Å². The van der Waals surface area contributed by atoms with Crippen LogP contribution in [0.1, 0.15) is 6.42 Å². The van der Waals surface area contributed by atoms with Gasteiger partial charge in [0.1, 0.15) is 0 Å². The van der Waals surface area contributed by atoms with Crippen LogP contribution in [0.2, 0.25) is 0 Å². The molecule has 1 rings (SSSR count). The number of nitrogens with zero attached hydrogens (tertiary/aromatic N) is 1. The number of aliphatic carboxylic acids is 1. The van der Waals surface area contributed by atoms with Crippen LogP contribution < -0.4 is 0 Å². The lowest BCUT2D eigenvalue weighted by atomic mass is 9.93. The largest absolute Gasteiger partial charge is 0.481 e. The van der Waals surface area contributed by atoms with Crippen LogP contribution >= 0.6 is 0 Å². The smallest absolute Gasteiger partial charge is 0.419 e. The van der Waals surface area contributed by atoms with E-state index in [-0.39, 0.29) is 26.1 Å². The van der Waals surface area contributed by atoms with Crippen LogP contribution in [0.25, 0.3) is 0 Å². The van der Waals surface area contributed by atoms with Crippen molar-refractivity contribution in [3.05, 3.63) is 0 Å². The first-order chi connectivity index (χ1) is 6.81. The molecule has 4 nitrogen and oxygen atoms in total. The first-order valence-electron chi connectivity index (χ1n) is 4.37. The number of halogens is 3. The second-order valence-corrected chi connectivity index (χ2v) is 3.55. The van der Waals surface area contributed by atoms with Crippen LogP contribution in [0.4, 0.5) is 13.2 Å². The standard InChI is InChI=1S/C8H12F3NO3/c1-15-7(8(9,10)11)4-12(5-7)3-2-6(13)14/h2-5H2,1H3,(H,13,14). The Bertz CT molecular complexity index is 248. The fourth-order valence-corrected chi connectivity index (χ4v) is 1.51. The molecule has 0 spiro atoms. The molecule has 1 aliphatic heterocycles. The Morgan fingerprint density at radius 3 is 2.40 bits per heavy atom. The first kappa shape index (κ1) is 12.3. The Balaban J connectivity index is 2.42. The normalized spacial score (nSPS) is 21.1. The highest BCUT2D eigenvalue weighted by atomic mass is 19.4. The van der Waals surface area contributed by atoms with Crippen LogP contribution in [-0.2, 0) is 9.53 Å². The van der Waals surface area contributed by atoms with Gasteiger partial charge in [-0.3, -0.25) is 9.69 Å². The number of likely N-dealkylation sites (tertiary alicyclic amines) is 1. The number of methoxy groups -OCH3 is 1. The van der Waals surface area contributed by atoms with Gasteiger partial charge in [-0.25, -0.2) is 0 Å². The molecular weight excluding hydrogens is 215 g/mol. The van der Waals surface area contributed by atoms with E-state index in [1.165, 1.54) is 4.90 Å². The number of alkyl halides is 3. The molecule has 0 aromatic carbocycles. The van der Waals surface area contributed by atoms with Crippen molar-refractivity contribution in [2.75, 3.05) is 26.7 Å². The third-order valence-corrected chi connectivity index (χ3v) is 2.51. The van der Waals surface area contributed by atoms with Crippen LogP contribution in [0, 0.1) is 0 Å². The molecule has 1 saturated heterocycles. The molecule has 0 aromatic rings. The van der Waals surface area contributed by atoms with Crippen molar-refractivity contribution in [2.45, 2.75) is 18.2 Å². The van der Waals surface area contributed by atoms with E-state index in [4.69, 9.17) is 5.11 Å². The van der Waals surface area contributed by atoms with E-state index in [9.17, 15) is 18.0 Å². The van der Waals surface area contributed by atoms with Gasteiger partial charge in [0.05, 0.1) is 6.42 Å². The summed E-state index contributed by atoms with van der Waals surface area (Å²) in [6, 6.07) is 0. The van der Waals surface area contributed by atoms with Gasteiger partial charge in [-0.1, -0.05) is 0 Å². The summed E-state index contributed by atoms with van der Waals surface area (Å²) >= 11 is 0. The molecule has 0 aromatic heterocycles. The van der Waals surface area contributed by atoms with Crippen molar-refractivity contribution < 1.29 is 27.8 Å². The highest BCUT2D eigenvalue weighted by Gasteiger charge is 2.62. The van der Waals surface area contributed by atoms with Gasteiger partial charge in [0.25, 0.3) is 0 Å². The number of rotatable bonds is 4. The minimum Gasteiger partial charge on any atom is -0.481 e. The Morgan fingerprint density at radius 1 is 1.53 bits per heavy atom. The second kappa shape index (κ2) is 3.97. The molecule has 1 aliphatic rings. The molecule has 0 bridgehead atoms. The molecule has 0 unspecified atom stereocenters. The van der Waals surface area contributed by atoms with Crippen molar-refractivity contribution in [3.63, 3.8) is 0 Å². The zero-order valence-corrected chi connectivity index (χ0v) is 8.17. The third kappa shape index (κ3) is 2.40. The zero-order chi connectivity index (χ0) is 11.7. The van der Waals surface area contributed by atoms with Crippen molar-refractivity contribution in [1.29, 1.82) is 0 Å². The Morgan fingerprint density at radius 2 is 2.07 bits per heavy atom. The monoisotopic (exact) mass is 227 g/mol. The molecule has 0 radical (unpaired) electrons. The van der Waals surface area contributed by atoms with Gasteiger partial charge in [0, 0.05) is 26.7 Å². The lowest BCUT2D eigenvalue weighted by molar-refractivity contribution is -0.310. The van der Waals surface area contributed by atoms with Gasteiger partial charge < -0.3 is 9.84 Å². The molecule has 7 heteroatoms. The topological polar surface area (TPSA) is 49.8 Å². The Hall–Kier alpha value is -0.820. The van der Waals surface area contributed by atoms with E-state index >= 15 is 0 Å². The summed E-state index contributed by atoms with van der Waals surface area (Å²) < 4.78 is 41.8. The number of carboxylic acid groups (broad SMARTS) is 1. The average molecular weight is 227 g/mol. The highest BCUT2D eigenvalue weighted by molar-refractivity contribution is 5.66. The molecule has 1 N–H and O–H groups in total. The molecular formula is C8H12F3NO3. The number of ether oxygens (including phenoxy) is 1. The summed E-state index contributed by atoms with van der Waals surface area (Å²) in [5.41, 5.74) is -2.11. The predicted molar refractivity (Wildman–Crippen MR) is 44.5 cm³/mol. The predicted octanol–water partition coefficient (Wildman–Crippen LogP) is 0.724. The van der Waals surface area contributed by atoms with Gasteiger partial charge in [-0.2, -0.15) is 13.2 Å². The van der Waals surface area contributed by atoms with Gasteiger partial charge in [0.15, 0.2) is 5.60 Å². The minimum atomic E-state index is -4.40. The van der Waals surface area contributed by atoms with E-state index in [1.807, 2.05) is 0 Å². The van der Waals surface area contributed by atoms with Gasteiger partial charge >= 0.3 is 12.1 Å². The third-order valence-electron chi connectivity index (χ3n) is 2.51. The molecule has 0 amide bonds. The van der Waals surface area contributed by atoms with Crippen LogP contribution in [0.15, 0.2) is 0 Å². The summed E-state index contributed by atoms with van der Waals surface area (Å²) in [7, 11) is 1.02. The first-order valence-corrected chi connectivity index (χ1v) is 4.37. The second-order valence-electron chi connectivity index (χ2n) is 3.55. The van der Waals surface area contributed by atoms with E-state index in [0.29, 0.717) is 0 Å². The number of hydrogen-bond acceptors (Lipinski definition) is 3. The summed E-state index contributed by atoms with van der Waals surface area (Å²) in [4.78, 5) is 11.6. The van der Waals surface area contributed by atoms with Crippen molar-refractivity contribution >= 4 is 5.97 Å². The van der Waals surface area contributed by atoms with Crippen molar-refractivity contribution in [1.82, 2.24) is 4.90 Å². The molecule has 1 heterocycles.